The summed E-state index contributed by atoms with van der Waals surface area (Å²) >= 11 is 0. The number of aromatic nitrogens is 2. The highest BCUT2D eigenvalue weighted by molar-refractivity contribution is 7.90. The number of fused-ring (bicyclic) bond motifs is 2. The number of ether oxygens (including phenoxy) is 1. The van der Waals surface area contributed by atoms with E-state index in [1.54, 1.807) is 18.4 Å². The average Bonchev–Trinajstić information content (AvgIpc) is 4.05. The van der Waals surface area contributed by atoms with E-state index in [9.17, 15) is 21.6 Å². The Morgan fingerprint density at radius 1 is 0.689 bits per heavy atom. The predicted molar refractivity (Wildman–Crippen MR) is 246 cm³/mol. The van der Waals surface area contributed by atoms with Crippen LogP contribution in [-0.2, 0) is 49.0 Å². The van der Waals surface area contributed by atoms with Gasteiger partial charge in [-0.3, -0.25) is 14.4 Å². The molecular weight excluding hydrogens is 805 g/mol. The second-order valence-electron chi connectivity index (χ2n) is 17.7. The van der Waals surface area contributed by atoms with Crippen LogP contribution in [0.4, 0.5) is 4.79 Å². The summed E-state index contributed by atoms with van der Waals surface area (Å²) in [6, 6.07) is 32.5. The van der Waals surface area contributed by atoms with E-state index in [1.165, 1.54) is 27.6 Å². The van der Waals surface area contributed by atoms with Crippen LogP contribution in [0.5, 0.6) is 0 Å². The smallest absolute Gasteiger partial charge is 0.419 e. The lowest BCUT2D eigenvalue weighted by molar-refractivity contribution is 0.0544. The molecule has 324 valence electrons. The molecule has 0 spiro atoms. The highest BCUT2D eigenvalue weighted by Gasteiger charge is 2.28. The van der Waals surface area contributed by atoms with Crippen LogP contribution in [-0.4, -0.2) is 85.6 Å². The number of nitrogens with zero attached hydrogens (tertiary/aromatic N) is 3. The van der Waals surface area contributed by atoms with Crippen molar-refractivity contribution in [3.05, 3.63) is 143 Å². The Kier molecular flexibility index (Phi) is 13.6. The summed E-state index contributed by atoms with van der Waals surface area (Å²) < 4.78 is 55.2. The number of hydrogen-bond acceptors (Lipinski definition) is 8. The van der Waals surface area contributed by atoms with Gasteiger partial charge in [-0.2, -0.15) is 0 Å². The number of hydrogen-bond donors (Lipinski definition) is 1. The SMILES string of the molecule is CCS(=O)(=O)Cc1cccc(C2CCN(Cc3c[nH]c4ccccc34)C2)c1.CCS(=O)(=O)Cc1cccc(C2CCN(Cc3cn(C(=O)OC(C)(C)C)c4ccccc34)C2)c1. The molecule has 12 heteroatoms. The quantitative estimate of drug-likeness (QED) is 0.129. The molecule has 2 aromatic heterocycles. The van der Waals surface area contributed by atoms with E-state index in [-0.39, 0.29) is 29.1 Å². The fourth-order valence-corrected chi connectivity index (χ4v) is 10.4. The summed E-state index contributed by atoms with van der Waals surface area (Å²) in [5.41, 5.74) is 8.15. The van der Waals surface area contributed by atoms with Gasteiger partial charge in [0.15, 0.2) is 19.7 Å². The van der Waals surface area contributed by atoms with Gasteiger partial charge in [0, 0.05) is 66.4 Å². The van der Waals surface area contributed by atoms with Crippen LogP contribution in [0, 0.1) is 0 Å². The van der Waals surface area contributed by atoms with Gasteiger partial charge in [0.05, 0.1) is 17.0 Å². The fourth-order valence-electron chi connectivity index (χ4n) is 8.66. The molecule has 2 saturated heterocycles. The molecule has 2 aliphatic rings. The van der Waals surface area contributed by atoms with Crippen molar-refractivity contribution in [1.29, 1.82) is 0 Å². The molecule has 6 aromatic rings. The zero-order valence-corrected chi connectivity index (χ0v) is 37.8. The minimum atomic E-state index is -3.05. The van der Waals surface area contributed by atoms with Gasteiger partial charge in [0.2, 0.25) is 0 Å². The topological polar surface area (TPSA) is 122 Å². The molecule has 4 heterocycles. The van der Waals surface area contributed by atoms with E-state index in [0.29, 0.717) is 11.8 Å². The monoisotopic (exact) mass is 864 g/mol. The number of para-hydroxylation sites is 2. The minimum absolute atomic E-state index is 0.0952. The summed E-state index contributed by atoms with van der Waals surface area (Å²) in [6.07, 6.45) is 5.80. The second-order valence-corrected chi connectivity index (χ2v) is 22.4. The first kappa shape index (κ1) is 44.3. The number of likely N-dealkylation sites (tertiary alicyclic amines) is 2. The second kappa shape index (κ2) is 18.7. The molecule has 8 rings (SSSR count). The van der Waals surface area contributed by atoms with Gasteiger partial charge in [-0.25, -0.2) is 21.6 Å². The van der Waals surface area contributed by atoms with Crippen molar-refractivity contribution in [2.75, 3.05) is 37.7 Å². The number of nitrogens with one attached hydrogen (secondary N) is 1. The minimum Gasteiger partial charge on any atom is -0.443 e. The summed E-state index contributed by atoms with van der Waals surface area (Å²) in [5, 5.41) is 2.36. The third-order valence-electron chi connectivity index (χ3n) is 11.9. The molecule has 0 amide bonds. The van der Waals surface area contributed by atoms with Crippen molar-refractivity contribution in [3.63, 3.8) is 0 Å². The van der Waals surface area contributed by atoms with Gasteiger partial charge < -0.3 is 9.72 Å². The van der Waals surface area contributed by atoms with Crippen molar-refractivity contribution >= 4 is 47.6 Å². The molecule has 2 atom stereocenters. The van der Waals surface area contributed by atoms with Gasteiger partial charge in [0.1, 0.15) is 5.60 Å². The Morgan fingerprint density at radius 3 is 1.77 bits per heavy atom. The summed E-state index contributed by atoms with van der Waals surface area (Å²) in [4.78, 5) is 21.1. The Morgan fingerprint density at radius 2 is 1.21 bits per heavy atom. The number of sulfone groups is 2. The van der Waals surface area contributed by atoms with Crippen molar-refractivity contribution < 1.29 is 26.4 Å². The van der Waals surface area contributed by atoms with E-state index in [0.717, 1.165) is 79.7 Å². The molecule has 0 saturated carbocycles. The lowest BCUT2D eigenvalue weighted by Crippen LogP contribution is -2.26. The van der Waals surface area contributed by atoms with Crippen LogP contribution in [0.1, 0.15) is 92.7 Å². The number of carbonyl (C=O) groups excluding carboxylic acids is 1. The van der Waals surface area contributed by atoms with Crippen molar-refractivity contribution in [3.8, 4) is 0 Å². The van der Waals surface area contributed by atoms with Crippen molar-refractivity contribution in [2.45, 2.75) is 89.5 Å². The zero-order valence-electron chi connectivity index (χ0n) is 36.1. The number of aromatic amines is 1. The van der Waals surface area contributed by atoms with Gasteiger partial charge in [-0.1, -0.05) is 98.8 Å². The lowest BCUT2D eigenvalue weighted by atomic mass is 9.97. The first-order valence-corrected chi connectivity index (χ1v) is 25.1. The maximum absolute atomic E-state index is 12.8. The van der Waals surface area contributed by atoms with Crippen molar-refractivity contribution in [1.82, 2.24) is 19.4 Å². The maximum Gasteiger partial charge on any atom is 0.419 e. The zero-order chi connectivity index (χ0) is 43.4. The maximum atomic E-state index is 12.8. The molecule has 4 aromatic carbocycles. The molecule has 0 aliphatic carbocycles. The van der Waals surface area contributed by atoms with Gasteiger partial charge >= 0.3 is 6.09 Å². The van der Waals surface area contributed by atoms with E-state index in [1.807, 2.05) is 69.4 Å². The largest absolute Gasteiger partial charge is 0.443 e. The molecule has 2 unspecified atom stereocenters. The Hall–Kier alpha value is -4.75. The Bertz CT molecular complexity index is 2700. The van der Waals surface area contributed by atoms with Crippen LogP contribution >= 0.6 is 0 Å². The standard InChI is InChI=1S/C27H34N2O4S.C22H26N2O2S/c1-5-34(31,32)19-20-9-8-10-21(15-20)22-13-14-28(16-22)17-23-18-29(26(30)33-27(2,3)4)25-12-7-6-11-24(23)25;1-2-27(25,26)16-17-6-5-7-18(12-17)19-10-11-24(14-19)15-20-13-23-22-9-4-3-8-21(20)22/h6-12,15,18,22H,5,13-14,16-17,19H2,1-4H3;3-9,12-13,19,23H,2,10-11,14-16H2,1H3. The normalized spacial score (nSPS) is 17.8. The number of H-pyrrole nitrogens is 1. The molecule has 0 radical (unpaired) electrons. The van der Waals surface area contributed by atoms with Crippen LogP contribution in [0.2, 0.25) is 0 Å². The summed E-state index contributed by atoms with van der Waals surface area (Å²) in [5.74, 6) is 1.42. The third kappa shape index (κ3) is 11.4. The molecule has 2 fully saturated rings. The Labute approximate surface area is 361 Å². The molecular formula is C49H60N4O6S2. The molecule has 0 bridgehead atoms. The number of benzene rings is 4. The van der Waals surface area contributed by atoms with Crippen LogP contribution in [0.3, 0.4) is 0 Å². The molecule has 61 heavy (non-hydrogen) atoms. The van der Waals surface area contributed by atoms with Crippen LogP contribution < -0.4 is 0 Å². The van der Waals surface area contributed by atoms with Gasteiger partial charge in [-0.15, -0.1) is 0 Å². The fraction of sp³-hybridized carbons (Fsp3) is 0.408. The molecule has 2 aliphatic heterocycles. The number of rotatable bonds is 12. The van der Waals surface area contributed by atoms with Crippen LogP contribution in [0.15, 0.2) is 109 Å². The highest BCUT2D eigenvalue weighted by atomic mass is 32.2. The average molecular weight is 865 g/mol. The summed E-state index contributed by atoms with van der Waals surface area (Å²) in [7, 11) is -6.04. The Balaban J connectivity index is 0.000000189. The highest BCUT2D eigenvalue weighted by Crippen LogP contribution is 2.33. The van der Waals surface area contributed by atoms with Crippen LogP contribution in [0.25, 0.3) is 21.8 Å². The molecule has 10 nitrogen and oxygen atoms in total. The van der Waals surface area contributed by atoms with E-state index >= 15 is 0 Å². The lowest BCUT2D eigenvalue weighted by Gasteiger charge is -2.19. The van der Waals surface area contributed by atoms with Crippen molar-refractivity contribution in [2.24, 2.45) is 0 Å². The van der Waals surface area contributed by atoms with E-state index in [2.05, 4.69) is 75.6 Å². The predicted octanol–water partition coefficient (Wildman–Crippen LogP) is 9.44. The number of carbonyl (C=O) groups is 1. The molecule has 1 N–H and O–H groups in total. The third-order valence-corrected chi connectivity index (χ3v) is 15.2. The van der Waals surface area contributed by atoms with E-state index in [4.69, 9.17) is 4.74 Å². The first-order valence-electron chi connectivity index (χ1n) is 21.5. The first-order chi connectivity index (χ1) is 29.1. The van der Waals surface area contributed by atoms with Gasteiger partial charge in [-0.05, 0) is 104 Å². The van der Waals surface area contributed by atoms with E-state index < -0.39 is 25.3 Å². The summed E-state index contributed by atoms with van der Waals surface area (Å²) in [6.45, 7) is 14.6. The van der Waals surface area contributed by atoms with Gasteiger partial charge in [0.25, 0.3) is 0 Å².